The van der Waals surface area contributed by atoms with Crippen molar-refractivity contribution in [3.05, 3.63) is 65.4 Å². The van der Waals surface area contributed by atoms with Gasteiger partial charge in [-0.2, -0.15) is 9.97 Å². The highest BCUT2D eigenvalue weighted by atomic mass is 35.5. The van der Waals surface area contributed by atoms with E-state index in [0.717, 1.165) is 40.7 Å². The van der Waals surface area contributed by atoms with E-state index in [1.165, 1.54) is 18.4 Å². The lowest BCUT2D eigenvalue weighted by molar-refractivity contribution is -0.214. The Labute approximate surface area is 157 Å². The first-order valence-electron chi connectivity index (χ1n) is 9.35. The van der Waals surface area contributed by atoms with E-state index in [1.54, 1.807) is 0 Å². The summed E-state index contributed by atoms with van der Waals surface area (Å²) in [6, 6.07) is 18.7. The number of hydrogen-bond donors (Lipinski definition) is 0. The first kappa shape index (κ1) is 14.9. The fraction of sp³-hybridized carbons (Fsp3) is 0.318. The van der Waals surface area contributed by atoms with Crippen molar-refractivity contribution in [2.75, 3.05) is 0 Å². The molecule has 0 amide bonds. The molecule has 3 nitrogen and oxygen atoms in total. The van der Waals surface area contributed by atoms with Gasteiger partial charge in [-0.1, -0.05) is 48.5 Å². The Morgan fingerprint density at radius 3 is 2.15 bits per heavy atom. The van der Waals surface area contributed by atoms with Crippen LogP contribution in [0.1, 0.15) is 24.3 Å². The summed E-state index contributed by atoms with van der Waals surface area (Å²) >= 11 is 6.21. The standard InChI is InChI=1S/C22H18ClN3/c23-22-25-20(12-5-2-1-3-6-12)24-21(26-22)14-8-4-7-13(9-14)18-16-10-15-11-17(18)19(15)16/h1-9,15-19H,10-11H2. The second-order valence-electron chi connectivity index (χ2n) is 7.91. The molecule has 3 saturated carbocycles. The molecule has 2 aromatic carbocycles. The first-order chi connectivity index (χ1) is 12.8. The Morgan fingerprint density at radius 2 is 1.46 bits per heavy atom. The quantitative estimate of drug-likeness (QED) is 0.642. The highest BCUT2D eigenvalue weighted by molar-refractivity contribution is 6.28. The Morgan fingerprint density at radius 1 is 0.769 bits per heavy atom. The third kappa shape index (κ3) is 2.04. The van der Waals surface area contributed by atoms with Crippen molar-refractivity contribution in [2.24, 2.45) is 23.7 Å². The summed E-state index contributed by atoms with van der Waals surface area (Å²) in [6.07, 6.45) is 2.87. The van der Waals surface area contributed by atoms with Crippen LogP contribution in [0.25, 0.3) is 22.8 Å². The zero-order valence-corrected chi connectivity index (χ0v) is 15.0. The number of hydrogen-bond acceptors (Lipinski definition) is 3. The van der Waals surface area contributed by atoms with Gasteiger partial charge < -0.3 is 0 Å². The maximum Gasteiger partial charge on any atom is 0.226 e. The van der Waals surface area contributed by atoms with Crippen molar-refractivity contribution in [3.8, 4) is 22.8 Å². The lowest BCUT2D eigenvalue weighted by atomic mass is 9.31. The molecule has 0 N–H and O–H groups in total. The Balaban J connectivity index is 1.38. The van der Waals surface area contributed by atoms with E-state index in [2.05, 4.69) is 39.2 Å². The molecule has 3 aromatic rings. The van der Waals surface area contributed by atoms with Crippen LogP contribution >= 0.6 is 11.6 Å². The average molecular weight is 360 g/mol. The lowest BCUT2D eigenvalue weighted by Gasteiger charge is -2.73. The van der Waals surface area contributed by atoms with E-state index in [0.29, 0.717) is 11.6 Å². The highest BCUT2D eigenvalue weighted by Crippen LogP contribution is 2.75. The van der Waals surface area contributed by atoms with E-state index < -0.39 is 0 Å². The van der Waals surface area contributed by atoms with Crippen LogP contribution < -0.4 is 0 Å². The maximum absolute atomic E-state index is 6.21. The third-order valence-electron chi connectivity index (χ3n) is 6.78. The van der Waals surface area contributed by atoms with Gasteiger partial charge in [-0.15, -0.1) is 0 Å². The molecular formula is C22H18ClN3. The molecule has 0 saturated heterocycles. The molecule has 2 unspecified atom stereocenters. The third-order valence-corrected chi connectivity index (χ3v) is 6.94. The second kappa shape index (κ2) is 5.37. The molecule has 3 aliphatic carbocycles. The molecule has 2 atom stereocenters. The van der Waals surface area contributed by atoms with E-state index in [-0.39, 0.29) is 5.28 Å². The molecule has 3 aliphatic rings. The second-order valence-corrected chi connectivity index (χ2v) is 8.24. The topological polar surface area (TPSA) is 38.7 Å². The first-order valence-corrected chi connectivity index (χ1v) is 9.73. The van der Waals surface area contributed by atoms with Gasteiger partial charge in [0.25, 0.3) is 0 Å². The molecule has 4 heteroatoms. The lowest BCUT2D eigenvalue weighted by Crippen LogP contribution is -2.65. The Kier molecular flexibility index (Phi) is 3.07. The van der Waals surface area contributed by atoms with Crippen molar-refractivity contribution in [2.45, 2.75) is 18.8 Å². The van der Waals surface area contributed by atoms with Crippen molar-refractivity contribution in [1.82, 2.24) is 15.0 Å². The SMILES string of the molecule is Clc1nc(-c2ccccc2)nc(-c2cccc(C3C4CC5CC3C54)c2)n1. The molecule has 0 radical (unpaired) electrons. The highest BCUT2D eigenvalue weighted by Gasteiger charge is 2.67. The molecule has 0 spiro atoms. The van der Waals surface area contributed by atoms with Crippen LogP contribution in [0.3, 0.4) is 0 Å². The number of benzene rings is 2. The van der Waals surface area contributed by atoms with Crippen LogP contribution in [-0.2, 0) is 0 Å². The van der Waals surface area contributed by atoms with Gasteiger partial charge in [0.05, 0.1) is 0 Å². The van der Waals surface area contributed by atoms with Gasteiger partial charge in [-0.05, 0) is 65.7 Å². The van der Waals surface area contributed by atoms with Crippen molar-refractivity contribution in [3.63, 3.8) is 0 Å². The van der Waals surface area contributed by atoms with Crippen molar-refractivity contribution >= 4 is 11.6 Å². The summed E-state index contributed by atoms with van der Waals surface area (Å²) in [6.45, 7) is 0. The zero-order valence-electron chi connectivity index (χ0n) is 14.2. The Bertz CT molecular complexity index is 989. The van der Waals surface area contributed by atoms with Gasteiger partial charge in [0.15, 0.2) is 11.6 Å². The summed E-state index contributed by atoms with van der Waals surface area (Å²) in [5.74, 6) is 5.97. The van der Waals surface area contributed by atoms with Gasteiger partial charge in [-0.3, -0.25) is 0 Å². The van der Waals surface area contributed by atoms with Gasteiger partial charge in [-0.25, -0.2) is 4.98 Å². The molecule has 0 aliphatic heterocycles. The fourth-order valence-corrected chi connectivity index (χ4v) is 5.73. The minimum absolute atomic E-state index is 0.240. The number of aromatic nitrogens is 3. The molecule has 1 heterocycles. The van der Waals surface area contributed by atoms with Gasteiger partial charge in [0.1, 0.15) is 0 Å². The zero-order chi connectivity index (χ0) is 17.3. The number of halogens is 1. The Hall–Kier alpha value is -2.26. The van der Waals surface area contributed by atoms with Gasteiger partial charge in [0.2, 0.25) is 5.28 Å². The maximum atomic E-state index is 6.21. The van der Waals surface area contributed by atoms with Crippen LogP contribution in [0.4, 0.5) is 0 Å². The summed E-state index contributed by atoms with van der Waals surface area (Å²) in [4.78, 5) is 13.4. The van der Waals surface area contributed by atoms with Crippen LogP contribution in [-0.4, -0.2) is 15.0 Å². The fourth-order valence-electron chi connectivity index (χ4n) is 5.57. The minimum Gasteiger partial charge on any atom is -0.208 e. The predicted octanol–water partition coefficient (Wildman–Crippen LogP) is 5.23. The molecule has 128 valence electrons. The summed E-state index contributed by atoms with van der Waals surface area (Å²) in [5.41, 5.74) is 3.43. The summed E-state index contributed by atoms with van der Waals surface area (Å²) < 4.78 is 0. The van der Waals surface area contributed by atoms with Crippen molar-refractivity contribution in [1.29, 1.82) is 0 Å². The molecular weight excluding hydrogens is 342 g/mol. The average Bonchev–Trinajstić information content (AvgIpc) is 2.68. The minimum atomic E-state index is 0.240. The predicted molar refractivity (Wildman–Crippen MR) is 102 cm³/mol. The van der Waals surface area contributed by atoms with Crippen LogP contribution in [0.2, 0.25) is 5.28 Å². The van der Waals surface area contributed by atoms with Crippen molar-refractivity contribution < 1.29 is 0 Å². The van der Waals surface area contributed by atoms with Crippen LogP contribution in [0.15, 0.2) is 54.6 Å². The van der Waals surface area contributed by atoms with E-state index in [1.807, 2.05) is 30.3 Å². The van der Waals surface area contributed by atoms with E-state index in [9.17, 15) is 0 Å². The molecule has 6 rings (SSSR count). The van der Waals surface area contributed by atoms with Crippen LogP contribution in [0, 0.1) is 23.7 Å². The number of nitrogens with zero attached hydrogens (tertiary/aromatic N) is 3. The molecule has 0 bridgehead atoms. The monoisotopic (exact) mass is 359 g/mol. The largest absolute Gasteiger partial charge is 0.226 e. The molecule has 1 aromatic heterocycles. The molecule has 3 fully saturated rings. The number of rotatable bonds is 3. The van der Waals surface area contributed by atoms with Gasteiger partial charge in [0, 0.05) is 11.1 Å². The summed E-state index contributed by atoms with van der Waals surface area (Å²) in [5, 5.41) is 0.240. The van der Waals surface area contributed by atoms with E-state index in [4.69, 9.17) is 11.6 Å². The smallest absolute Gasteiger partial charge is 0.208 e. The summed E-state index contributed by atoms with van der Waals surface area (Å²) in [7, 11) is 0. The normalized spacial score (nSPS) is 30.6. The van der Waals surface area contributed by atoms with Gasteiger partial charge >= 0.3 is 0 Å². The van der Waals surface area contributed by atoms with Crippen LogP contribution in [0.5, 0.6) is 0 Å². The molecule has 26 heavy (non-hydrogen) atoms. The van der Waals surface area contributed by atoms with E-state index >= 15 is 0 Å².